The lowest BCUT2D eigenvalue weighted by atomic mass is 10.1. The number of nitrogens with one attached hydrogen (secondary N) is 1. The van der Waals surface area contributed by atoms with Crippen LogP contribution < -0.4 is 5.32 Å². The van der Waals surface area contributed by atoms with E-state index >= 15 is 0 Å². The zero-order valence-electron chi connectivity index (χ0n) is 10.9. The highest BCUT2D eigenvalue weighted by molar-refractivity contribution is 5.74. The van der Waals surface area contributed by atoms with Crippen LogP contribution in [0.4, 0.5) is 19.2 Å². The second kappa shape index (κ2) is 4.94. The van der Waals surface area contributed by atoms with Gasteiger partial charge in [0.1, 0.15) is 17.4 Å². The van der Waals surface area contributed by atoms with Crippen LogP contribution in [0.3, 0.4) is 0 Å². The summed E-state index contributed by atoms with van der Waals surface area (Å²) in [5.74, 6) is -3.41. The molecule has 3 rings (SSSR count). The quantitative estimate of drug-likeness (QED) is 0.880. The number of amides is 1. The number of nitrogens with zero attached hydrogens (tertiary/aromatic N) is 2. The summed E-state index contributed by atoms with van der Waals surface area (Å²) in [5.41, 5.74) is 0.646. The van der Waals surface area contributed by atoms with Gasteiger partial charge in [-0.2, -0.15) is 4.98 Å². The van der Waals surface area contributed by atoms with Crippen LogP contribution in [0, 0.1) is 5.82 Å². The Hall–Kier alpha value is -2.25. The minimum absolute atomic E-state index is 0.0155. The predicted molar refractivity (Wildman–Crippen MR) is 68.6 cm³/mol. The van der Waals surface area contributed by atoms with Crippen molar-refractivity contribution in [3.05, 3.63) is 24.0 Å². The molecular weight excluding hydrogens is 287 g/mol. The van der Waals surface area contributed by atoms with Gasteiger partial charge in [-0.15, -0.1) is 0 Å². The number of oxazole rings is 1. The topological polar surface area (TPSA) is 58.4 Å². The van der Waals surface area contributed by atoms with Crippen LogP contribution in [0.1, 0.15) is 6.42 Å². The molecule has 0 spiro atoms. The second-order valence-corrected chi connectivity index (χ2v) is 4.88. The number of carbonyl (C=O) groups excluding carboxylic acids is 1. The molecule has 1 aromatic carbocycles. The van der Waals surface area contributed by atoms with E-state index in [-0.39, 0.29) is 25.5 Å². The van der Waals surface area contributed by atoms with E-state index in [1.54, 1.807) is 0 Å². The number of rotatable bonds is 4. The fourth-order valence-corrected chi connectivity index (χ4v) is 2.40. The summed E-state index contributed by atoms with van der Waals surface area (Å²) >= 11 is 0. The summed E-state index contributed by atoms with van der Waals surface area (Å²) in [5, 5.41) is 2.63. The van der Waals surface area contributed by atoms with Crippen molar-refractivity contribution in [3.8, 4) is 0 Å². The number of hydrogen-bond acceptors (Lipinski definition) is 4. The van der Waals surface area contributed by atoms with Gasteiger partial charge in [0.15, 0.2) is 5.58 Å². The lowest BCUT2D eigenvalue weighted by Gasteiger charge is -2.24. The summed E-state index contributed by atoms with van der Waals surface area (Å²) in [7, 11) is 0. The van der Waals surface area contributed by atoms with E-state index in [1.807, 2.05) is 0 Å². The number of hydrogen-bond donors (Lipinski definition) is 1. The maximum absolute atomic E-state index is 13.7. The molecule has 0 aliphatic carbocycles. The minimum atomic E-state index is -2.95. The van der Waals surface area contributed by atoms with Crippen molar-refractivity contribution in [1.82, 2.24) is 9.88 Å². The average molecular weight is 299 g/mol. The Balaban J connectivity index is 1.75. The first-order valence-electron chi connectivity index (χ1n) is 6.38. The van der Waals surface area contributed by atoms with Gasteiger partial charge in [-0.05, 0) is 12.1 Å². The molecule has 1 unspecified atom stereocenters. The second-order valence-electron chi connectivity index (χ2n) is 4.88. The van der Waals surface area contributed by atoms with Gasteiger partial charge in [-0.1, -0.05) is 0 Å². The highest BCUT2D eigenvalue weighted by Crippen LogP contribution is 2.33. The third-order valence-electron chi connectivity index (χ3n) is 3.52. The maximum Gasteiger partial charge on any atom is 0.295 e. The van der Waals surface area contributed by atoms with Crippen LogP contribution in [-0.2, 0) is 4.79 Å². The number of alkyl halides is 2. The van der Waals surface area contributed by atoms with E-state index in [0.717, 1.165) is 4.90 Å². The largest absolute Gasteiger partial charge is 0.424 e. The molecule has 0 bridgehead atoms. The Bertz CT molecular complexity index is 674. The number of aromatic nitrogens is 1. The Labute approximate surface area is 117 Å². The van der Waals surface area contributed by atoms with E-state index in [4.69, 9.17) is 4.42 Å². The summed E-state index contributed by atoms with van der Waals surface area (Å²) in [6.07, 6.45) is 0.0472. The van der Waals surface area contributed by atoms with Crippen molar-refractivity contribution in [2.75, 3.05) is 18.4 Å². The van der Waals surface area contributed by atoms with Crippen molar-refractivity contribution in [2.24, 2.45) is 0 Å². The van der Waals surface area contributed by atoms with Gasteiger partial charge < -0.3 is 14.6 Å². The molecular formula is C13H12F3N3O2. The Kier molecular flexibility index (Phi) is 3.23. The zero-order chi connectivity index (χ0) is 15.0. The van der Waals surface area contributed by atoms with Crippen LogP contribution in [-0.4, -0.2) is 41.3 Å². The molecule has 1 saturated heterocycles. The van der Waals surface area contributed by atoms with Gasteiger partial charge >= 0.3 is 0 Å². The first-order valence-corrected chi connectivity index (χ1v) is 6.38. The number of likely N-dealkylation sites (tertiary alicyclic amines) is 1. The molecule has 5 nitrogen and oxygen atoms in total. The van der Waals surface area contributed by atoms with Gasteiger partial charge in [-0.3, -0.25) is 4.79 Å². The summed E-state index contributed by atoms with van der Waals surface area (Å²) < 4.78 is 45.6. The van der Waals surface area contributed by atoms with Crippen molar-refractivity contribution in [3.63, 3.8) is 0 Å². The standard InChI is InChI=1S/C13H12F3N3O2/c14-8-1-2-10-9(5-8)18-12(21-10)17-6-11-13(15,16)3-4-19(11)7-20/h1-2,5,7,11H,3-4,6H2,(H,17,18). The van der Waals surface area contributed by atoms with Crippen molar-refractivity contribution < 1.29 is 22.4 Å². The molecule has 1 amide bonds. The number of halogens is 3. The maximum atomic E-state index is 13.7. The summed E-state index contributed by atoms with van der Waals surface area (Å²) in [6.45, 7) is -0.178. The lowest BCUT2D eigenvalue weighted by molar-refractivity contribution is -0.122. The highest BCUT2D eigenvalue weighted by atomic mass is 19.3. The van der Waals surface area contributed by atoms with Gasteiger partial charge in [-0.25, -0.2) is 13.2 Å². The van der Waals surface area contributed by atoms with Crippen molar-refractivity contribution in [2.45, 2.75) is 18.4 Å². The van der Waals surface area contributed by atoms with Crippen LogP contribution in [0.5, 0.6) is 0 Å². The molecule has 2 heterocycles. The number of benzene rings is 1. The third-order valence-corrected chi connectivity index (χ3v) is 3.52. The molecule has 0 radical (unpaired) electrons. The summed E-state index contributed by atoms with van der Waals surface area (Å²) in [4.78, 5) is 15.8. The van der Waals surface area contributed by atoms with Gasteiger partial charge in [0, 0.05) is 25.6 Å². The van der Waals surface area contributed by atoms with Gasteiger partial charge in [0.2, 0.25) is 6.41 Å². The molecule has 0 saturated carbocycles. The highest BCUT2D eigenvalue weighted by Gasteiger charge is 2.48. The fraction of sp³-hybridized carbons (Fsp3) is 0.385. The summed E-state index contributed by atoms with van der Waals surface area (Å²) in [6, 6.07) is 2.58. The molecule has 1 aliphatic rings. The smallest absolute Gasteiger partial charge is 0.295 e. The van der Waals surface area contributed by atoms with E-state index < -0.39 is 17.8 Å². The minimum Gasteiger partial charge on any atom is -0.424 e. The molecule has 21 heavy (non-hydrogen) atoms. The van der Waals surface area contributed by atoms with E-state index in [9.17, 15) is 18.0 Å². The predicted octanol–water partition coefficient (Wildman–Crippen LogP) is 2.24. The van der Waals surface area contributed by atoms with E-state index in [1.165, 1.54) is 18.2 Å². The first kappa shape index (κ1) is 13.7. The fourth-order valence-electron chi connectivity index (χ4n) is 2.40. The molecule has 1 aromatic heterocycles. The molecule has 1 atom stereocenters. The monoisotopic (exact) mass is 299 g/mol. The SMILES string of the molecule is O=CN1CCC(F)(F)C1CNc1nc2cc(F)ccc2o1. The molecule has 1 N–H and O–H groups in total. The Morgan fingerprint density at radius 1 is 1.52 bits per heavy atom. The van der Waals surface area contributed by atoms with E-state index in [0.29, 0.717) is 17.5 Å². The third kappa shape index (κ3) is 2.53. The van der Waals surface area contributed by atoms with Crippen molar-refractivity contribution >= 4 is 23.5 Å². The lowest BCUT2D eigenvalue weighted by Crippen LogP contribution is -2.43. The van der Waals surface area contributed by atoms with Crippen LogP contribution >= 0.6 is 0 Å². The zero-order valence-corrected chi connectivity index (χ0v) is 10.9. The molecule has 1 fully saturated rings. The van der Waals surface area contributed by atoms with Crippen LogP contribution in [0.15, 0.2) is 22.6 Å². The van der Waals surface area contributed by atoms with Gasteiger partial charge in [0.25, 0.3) is 11.9 Å². The van der Waals surface area contributed by atoms with Gasteiger partial charge in [0.05, 0.1) is 0 Å². The number of carbonyl (C=O) groups is 1. The number of anilines is 1. The number of fused-ring (bicyclic) bond motifs is 1. The molecule has 112 valence electrons. The van der Waals surface area contributed by atoms with Crippen molar-refractivity contribution in [1.29, 1.82) is 0 Å². The molecule has 2 aromatic rings. The Morgan fingerprint density at radius 2 is 2.33 bits per heavy atom. The Morgan fingerprint density at radius 3 is 3.10 bits per heavy atom. The molecule has 1 aliphatic heterocycles. The normalized spacial score (nSPS) is 20.9. The van der Waals surface area contributed by atoms with Crippen LogP contribution in [0.2, 0.25) is 0 Å². The first-order chi connectivity index (χ1) is 9.99. The molecule has 8 heteroatoms. The van der Waals surface area contributed by atoms with E-state index in [2.05, 4.69) is 10.3 Å². The average Bonchev–Trinajstić information content (AvgIpc) is 2.96. The van der Waals surface area contributed by atoms with Crippen LogP contribution in [0.25, 0.3) is 11.1 Å².